The molecule has 1 aromatic rings. The number of benzene rings is 1. The van der Waals surface area contributed by atoms with Gasteiger partial charge in [-0.1, -0.05) is 31.4 Å². The molecule has 1 saturated carbocycles. The molecular formula is C20H30N2O. The summed E-state index contributed by atoms with van der Waals surface area (Å²) in [5.74, 6) is 1.27. The van der Waals surface area contributed by atoms with Gasteiger partial charge in [0.2, 0.25) is 0 Å². The number of piperazine rings is 1. The summed E-state index contributed by atoms with van der Waals surface area (Å²) in [5, 5.41) is 9.52. The van der Waals surface area contributed by atoms with Crippen molar-refractivity contribution in [3.8, 4) is 5.75 Å². The van der Waals surface area contributed by atoms with E-state index in [9.17, 15) is 5.11 Å². The van der Waals surface area contributed by atoms with E-state index in [4.69, 9.17) is 0 Å². The van der Waals surface area contributed by atoms with Gasteiger partial charge in [-0.05, 0) is 55.8 Å². The average Bonchev–Trinajstić information content (AvgIpc) is 3.06. The van der Waals surface area contributed by atoms with Gasteiger partial charge in [0.25, 0.3) is 0 Å². The van der Waals surface area contributed by atoms with E-state index in [1.54, 1.807) is 0 Å². The van der Waals surface area contributed by atoms with Crippen molar-refractivity contribution in [1.82, 2.24) is 9.80 Å². The summed E-state index contributed by atoms with van der Waals surface area (Å²) in [7, 11) is 0. The van der Waals surface area contributed by atoms with Crippen molar-refractivity contribution in [2.45, 2.75) is 63.6 Å². The Bertz CT molecular complexity index is 509. The first-order chi connectivity index (χ1) is 11.3. The second kappa shape index (κ2) is 6.82. The predicted molar refractivity (Wildman–Crippen MR) is 93.5 cm³/mol. The lowest BCUT2D eigenvalue weighted by Gasteiger charge is -2.49. The minimum absolute atomic E-state index is 0.373. The predicted octanol–water partition coefficient (Wildman–Crippen LogP) is 3.62. The van der Waals surface area contributed by atoms with Crippen LogP contribution in [0, 0.1) is 5.92 Å². The zero-order chi connectivity index (χ0) is 15.6. The third-order valence-corrected chi connectivity index (χ3v) is 6.36. The first-order valence-electron chi connectivity index (χ1n) is 9.57. The van der Waals surface area contributed by atoms with Gasteiger partial charge in [-0.25, -0.2) is 0 Å². The topological polar surface area (TPSA) is 26.7 Å². The number of rotatable bonds is 3. The van der Waals surface area contributed by atoms with Crippen molar-refractivity contribution in [3.63, 3.8) is 0 Å². The summed E-state index contributed by atoms with van der Waals surface area (Å²) in [4.78, 5) is 5.54. The smallest absolute Gasteiger partial charge is 0.115 e. The summed E-state index contributed by atoms with van der Waals surface area (Å²) in [6.07, 6.45) is 9.95. The molecule has 23 heavy (non-hydrogen) atoms. The van der Waals surface area contributed by atoms with E-state index >= 15 is 0 Å². The Balaban J connectivity index is 1.53. The van der Waals surface area contributed by atoms with Crippen LogP contribution in [0.1, 0.15) is 50.5 Å². The number of phenols is 1. The molecular weight excluding hydrogens is 284 g/mol. The minimum Gasteiger partial charge on any atom is -0.508 e. The van der Waals surface area contributed by atoms with Gasteiger partial charge in [0.15, 0.2) is 0 Å². The first-order valence-corrected chi connectivity index (χ1v) is 9.57. The Morgan fingerprint density at radius 1 is 0.870 bits per heavy atom. The lowest BCUT2D eigenvalue weighted by atomic mass is 9.78. The van der Waals surface area contributed by atoms with Crippen LogP contribution in [0.5, 0.6) is 5.75 Å². The van der Waals surface area contributed by atoms with E-state index in [-0.39, 0.29) is 0 Å². The Morgan fingerprint density at radius 3 is 2.43 bits per heavy atom. The maximum absolute atomic E-state index is 9.52. The Labute approximate surface area is 140 Å². The number of nitrogens with zero attached hydrogens (tertiary/aromatic N) is 2. The second-order valence-electron chi connectivity index (χ2n) is 7.77. The quantitative estimate of drug-likeness (QED) is 0.923. The van der Waals surface area contributed by atoms with Gasteiger partial charge in [-0.2, -0.15) is 0 Å². The lowest BCUT2D eigenvalue weighted by molar-refractivity contribution is -0.00380. The maximum atomic E-state index is 9.52. The largest absolute Gasteiger partial charge is 0.508 e. The van der Waals surface area contributed by atoms with Crippen molar-refractivity contribution in [3.05, 3.63) is 29.8 Å². The number of phenolic OH excluding ortho intramolecular Hbond substituents is 1. The van der Waals surface area contributed by atoms with E-state index in [1.165, 1.54) is 70.1 Å². The van der Waals surface area contributed by atoms with Crippen molar-refractivity contribution >= 4 is 0 Å². The van der Waals surface area contributed by atoms with Crippen LogP contribution in [0.3, 0.4) is 0 Å². The lowest BCUT2D eigenvalue weighted by Crippen LogP contribution is -2.59. The molecule has 4 rings (SSSR count). The zero-order valence-electron chi connectivity index (χ0n) is 14.2. The third-order valence-electron chi connectivity index (χ3n) is 6.36. The molecule has 0 radical (unpaired) electrons. The molecule has 0 bridgehead atoms. The molecule has 0 spiro atoms. The normalized spacial score (nSPS) is 30.4. The number of hydrogen-bond acceptors (Lipinski definition) is 3. The summed E-state index contributed by atoms with van der Waals surface area (Å²) < 4.78 is 0. The highest BCUT2D eigenvalue weighted by atomic mass is 16.3. The van der Waals surface area contributed by atoms with Gasteiger partial charge in [-0.15, -0.1) is 0 Å². The third kappa shape index (κ3) is 3.27. The highest BCUT2D eigenvalue weighted by Gasteiger charge is 2.42. The zero-order valence-corrected chi connectivity index (χ0v) is 14.2. The summed E-state index contributed by atoms with van der Waals surface area (Å²) in [6, 6.07) is 9.39. The summed E-state index contributed by atoms with van der Waals surface area (Å²) in [6.45, 7) is 4.82. The molecule has 2 saturated heterocycles. The second-order valence-corrected chi connectivity index (χ2v) is 7.77. The van der Waals surface area contributed by atoms with Gasteiger partial charge in [-0.3, -0.25) is 9.80 Å². The molecule has 3 fully saturated rings. The number of hydrogen-bond donors (Lipinski definition) is 1. The molecule has 0 amide bonds. The molecule has 1 N–H and O–H groups in total. The van der Waals surface area contributed by atoms with E-state index in [1.807, 2.05) is 12.1 Å². The Hall–Kier alpha value is -1.06. The van der Waals surface area contributed by atoms with Crippen LogP contribution < -0.4 is 0 Å². The van der Waals surface area contributed by atoms with Gasteiger partial charge in [0.1, 0.15) is 5.75 Å². The standard InChI is InChI=1S/C20H30N2O/c23-18-10-8-16(9-11-18)15-22-14-13-21-12-4-7-19(21)20(22)17-5-2-1-3-6-17/h8-11,17,19-20,23H,1-7,12-15H2/t19-,20+/m1/s1. The van der Waals surface area contributed by atoms with E-state index in [0.29, 0.717) is 5.75 Å². The van der Waals surface area contributed by atoms with E-state index < -0.39 is 0 Å². The van der Waals surface area contributed by atoms with Crippen LogP contribution in [0.15, 0.2) is 24.3 Å². The van der Waals surface area contributed by atoms with Crippen molar-refractivity contribution < 1.29 is 5.11 Å². The summed E-state index contributed by atoms with van der Waals surface area (Å²) in [5.41, 5.74) is 1.34. The molecule has 3 heteroatoms. The Morgan fingerprint density at radius 2 is 1.65 bits per heavy atom. The highest BCUT2D eigenvalue weighted by molar-refractivity contribution is 5.26. The molecule has 3 aliphatic rings. The average molecular weight is 314 g/mol. The molecule has 2 heterocycles. The van der Waals surface area contributed by atoms with Crippen LogP contribution in [-0.4, -0.2) is 46.6 Å². The van der Waals surface area contributed by atoms with Crippen molar-refractivity contribution in [2.24, 2.45) is 5.92 Å². The first kappa shape index (κ1) is 15.5. The van der Waals surface area contributed by atoms with E-state index in [2.05, 4.69) is 21.9 Å². The van der Waals surface area contributed by atoms with E-state index in [0.717, 1.165) is 24.5 Å². The van der Waals surface area contributed by atoms with Crippen LogP contribution in [0.25, 0.3) is 0 Å². The van der Waals surface area contributed by atoms with Crippen molar-refractivity contribution in [2.75, 3.05) is 19.6 Å². The fourth-order valence-corrected chi connectivity index (χ4v) is 5.27. The molecule has 126 valence electrons. The fourth-order valence-electron chi connectivity index (χ4n) is 5.27. The molecule has 1 aliphatic carbocycles. The molecule has 0 unspecified atom stereocenters. The van der Waals surface area contributed by atoms with Gasteiger partial charge in [0, 0.05) is 31.7 Å². The molecule has 2 atom stereocenters. The van der Waals surface area contributed by atoms with Gasteiger partial charge in [0.05, 0.1) is 0 Å². The molecule has 0 aromatic heterocycles. The molecule has 1 aromatic carbocycles. The molecule has 2 aliphatic heterocycles. The van der Waals surface area contributed by atoms with Gasteiger partial charge >= 0.3 is 0 Å². The van der Waals surface area contributed by atoms with Gasteiger partial charge < -0.3 is 5.11 Å². The molecule has 3 nitrogen and oxygen atoms in total. The monoisotopic (exact) mass is 314 g/mol. The van der Waals surface area contributed by atoms with Crippen LogP contribution in [0.4, 0.5) is 0 Å². The fraction of sp³-hybridized carbons (Fsp3) is 0.700. The minimum atomic E-state index is 0.373. The Kier molecular flexibility index (Phi) is 4.59. The maximum Gasteiger partial charge on any atom is 0.115 e. The SMILES string of the molecule is Oc1ccc(CN2CCN3CCC[C@@H]3[C@@H]2C2CCCCC2)cc1. The highest BCUT2D eigenvalue weighted by Crippen LogP contribution is 2.38. The van der Waals surface area contributed by atoms with Crippen molar-refractivity contribution in [1.29, 1.82) is 0 Å². The number of fused-ring (bicyclic) bond motifs is 1. The van der Waals surface area contributed by atoms with Crippen LogP contribution in [0.2, 0.25) is 0 Å². The number of aromatic hydroxyl groups is 1. The van der Waals surface area contributed by atoms with Crippen LogP contribution in [-0.2, 0) is 6.54 Å². The van der Waals surface area contributed by atoms with Crippen LogP contribution >= 0.6 is 0 Å². The summed E-state index contributed by atoms with van der Waals surface area (Å²) >= 11 is 0.